The Kier molecular flexibility index (Phi) is 6.67. The van der Waals surface area contributed by atoms with Crippen molar-refractivity contribution in [3.05, 3.63) is 199 Å². The van der Waals surface area contributed by atoms with Crippen LogP contribution >= 0.6 is 0 Å². The van der Waals surface area contributed by atoms with Crippen molar-refractivity contribution in [1.82, 2.24) is 9.13 Å². The fraction of sp³-hybridized carbons (Fsp3) is 0.0417. The zero-order chi connectivity index (χ0) is 33.0. The lowest BCUT2D eigenvalue weighted by atomic mass is 9.86. The minimum atomic E-state index is 0.278. The van der Waals surface area contributed by atoms with Gasteiger partial charge in [-0.25, -0.2) is 0 Å². The standard InChI is InChI=1S/C48H34N2/c1-4-14-33(15-5-1)37-28-38(34-16-6-2-7-17-34)30-40(29-37)50-46-23-13-11-21-42(46)44-32-36(25-27-48(44)50)35-24-26-47-43(31-35)41-20-10-12-22-45(41)49(47)39-18-8-3-9-19-39/h1-31,36H,32H2. The SMILES string of the molecule is C1=CC(c2ccc3c(c2)c2ccccc2n3-c2ccccc2)Cc2c1n(-c1cc(-c3ccccc3)cc(-c3ccccc3)c1)c1ccccc21. The van der Waals surface area contributed by atoms with E-state index in [1.807, 2.05) is 0 Å². The van der Waals surface area contributed by atoms with E-state index in [0.29, 0.717) is 0 Å². The van der Waals surface area contributed by atoms with Gasteiger partial charge in [0.15, 0.2) is 0 Å². The molecule has 236 valence electrons. The highest BCUT2D eigenvalue weighted by Crippen LogP contribution is 2.41. The molecule has 0 fully saturated rings. The van der Waals surface area contributed by atoms with Crippen molar-refractivity contribution < 1.29 is 0 Å². The third-order valence-corrected chi connectivity index (χ3v) is 10.5. The van der Waals surface area contributed by atoms with E-state index in [1.165, 1.54) is 83.2 Å². The van der Waals surface area contributed by atoms with Gasteiger partial charge >= 0.3 is 0 Å². The molecule has 0 bridgehead atoms. The Morgan fingerprint density at radius 3 is 1.64 bits per heavy atom. The normalized spacial score (nSPS) is 14.0. The molecule has 1 aliphatic rings. The largest absolute Gasteiger partial charge is 0.310 e. The molecule has 2 aromatic heterocycles. The predicted octanol–water partition coefficient (Wildman–Crippen LogP) is 12.4. The molecule has 0 aliphatic heterocycles. The molecule has 0 saturated heterocycles. The maximum Gasteiger partial charge on any atom is 0.0541 e. The van der Waals surface area contributed by atoms with Gasteiger partial charge in [-0.2, -0.15) is 0 Å². The molecule has 7 aromatic carbocycles. The van der Waals surface area contributed by atoms with Crippen molar-refractivity contribution in [3.8, 4) is 33.6 Å². The van der Waals surface area contributed by atoms with E-state index >= 15 is 0 Å². The van der Waals surface area contributed by atoms with Crippen molar-refractivity contribution in [2.75, 3.05) is 0 Å². The van der Waals surface area contributed by atoms with Crippen molar-refractivity contribution in [1.29, 1.82) is 0 Å². The molecular formula is C48H34N2. The van der Waals surface area contributed by atoms with Gasteiger partial charge in [-0.15, -0.1) is 0 Å². The molecule has 2 heterocycles. The van der Waals surface area contributed by atoms with Crippen LogP contribution in [0.4, 0.5) is 0 Å². The van der Waals surface area contributed by atoms with Gasteiger partial charge in [-0.3, -0.25) is 0 Å². The molecule has 9 aromatic rings. The maximum atomic E-state index is 2.48. The van der Waals surface area contributed by atoms with Crippen LogP contribution in [0.5, 0.6) is 0 Å². The second-order valence-electron chi connectivity index (χ2n) is 13.4. The first-order valence-corrected chi connectivity index (χ1v) is 17.5. The third kappa shape index (κ3) is 4.64. The number of rotatable bonds is 5. The quantitative estimate of drug-likeness (QED) is 0.178. The Bertz CT molecular complexity index is 2650. The summed E-state index contributed by atoms with van der Waals surface area (Å²) in [7, 11) is 0. The molecule has 1 aliphatic carbocycles. The van der Waals surface area contributed by atoms with E-state index in [1.54, 1.807) is 0 Å². The summed E-state index contributed by atoms with van der Waals surface area (Å²) in [5.41, 5.74) is 15.0. The van der Waals surface area contributed by atoms with E-state index < -0.39 is 0 Å². The van der Waals surface area contributed by atoms with Crippen LogP contribution < -0.4 is 0 Å². The van der Waals surface area contributed by atoms with Crippen LogP contribution in [0.1, 0.15) is 22.7 Å². The minimum Gasteiger partial charge on any atom is -0.310 e. The van der Waals surface area contributed by atoms with Crippen LogP contribution in [0.3, 0.4) is 0 Å². The summed E-state index contributed by atoms with van der Waals surface area (Å²) in [5.74, 6) is 0.278. The summed E-state index contributed by atoms with van der Waals surface area (Å²) < 4.78 is 4.87. The Balaban J connectivity index is 1.11. The summed E-state index contributed by atoms with van der Waals surface area (Å²) in [5, 5.41) is 3.91. The zero-order valence-corrected chi connectivity index (χ0v) is 27.6. The van der Waals surface area contributed by atoms with Crippen LogP contribution in [-0.4, -0.2) is 9.13 Å². The van der Waals surface area contributed by atoms with Gasteiger partial charge in [-0.1, -0.05) is 127 Å². The predicted molar refractivity (Wildman–Crippen MR) is 210 cm³/mol. The van der Waals surface area contributed by atoms with E-state index in [9.17, 15) is 0 Å². The second-order valence-corrected chi connectivity index (χ2v) is 13.4. The van der Waals surface area contributed by atoms with E-state index in [4.69, 9.17) is 0 Å². The fourth-order valence-corrected chi connectivity index (χ4v) is 8.13. The highest BCUT2D eigenvalue weighted by molar-refractivity contribution is 6.09. The van der Waals surface area contributed by atoms with Gasteiger partial charge in [0.25, 0.3) is 0 Å². The zero-order valence-electron chi connectivity index (χ0n) is 27.6. The molecule has 0 saturated carbocycles. The molecule has 0 amide bonds. The molecule has 2 heteroatoms. The monoisotopic (exact) mass is 638 g/mol. The van der Waals surface area contributed by atoms with Crippen molar-refractivity contribution >= 4 is 38.8 Å². The summed E-state index contributed by atoms with van der Waals surface area (Å²) >= 11 is 0. The van der Waals surface area contributed by atoms with Crippen LogP contribution in [0.15, 0.2) is 182 Å². The summed E-state index contributed by atoms with van der Waals surface area (Å²) in [6, 6.07) is 64.0. The second kappa shape index (κ2) is 11.6. The molecule has 1 unspecified atom stereocenters. The van der Waals surface area contributed by atoms with Gasteiger partial charge in [0.2, 0.25) is 0 Å². The summed E-state index contributed by atoms with van der Waals surface area (Å²) in [6.45, 7) is 0. The van der Waals surface area contributed by atoms with Crippen molar-refractivity contribution in [3.63, 3.8) is 0 Å². The number of hydrogen-bond acceptors (Lipinski definition) is 0. The van der Waals surface area contributed by atoms with E-state index in [-0.39, 0.29) is 5.92 Å². The molecule has 0 N–H and O–H groups in total. The van der Waals surface area contributed by atoms with Gasteiger partial charge in [0, 0.05) is 39.1 Å². The summed E-state index contributed by atoms with van der Waals surface area (Å²) in [4.78, 5) is 0. The number of para-hydroxylation sites is 3. The van der Waals surface area contributed by atoms with Crippen molar-refractivity contribution in [2.45, 2.75) is 12.3 Å². The van der Waals surface area contributed by atoms with Gasteiger partial charge in [-0.05, 0) is 100 Å². The Morgan fingerprint density at radius 1 is 0.400 bits per heavy atom. The number of fused-ring (bicyclic) bond motifs is 6. The van der Waals surface area contributed by atoms with Crippen LogP contribution in [0.25, 0.3) is 72.4 Å². The molecular weight excluding hydrogens is 605 g/mol. The van der Waals surface area contributed by atoms with Gasteiger partial charge in [0.05, 0.1) is 16.6 Å². The van der Waals surface area contributed by atoms with Crippen molar-refractivity contribution in [2.24, 2.45) is 0 Å². The topological polar surface area (TPSA) is 9.86 Å². The number of allylic oxidation sites excluding steroid dienone is 1. The van der Waals surface area contributed by atoms with Gasteiger partial charge < -0.3 is 9.13 Å². The first-order chi connectivity index (χ1) is 24.8. The van der Waals surface area contributed by atoms with Crippen LogP contribution in [0.2, 0.25) is 0 Å². The first-order valence-electron chi connectivity index (χ1n) is 17.5. The number of nitrogens with zero attached hydrogens (tertiary/aromatic N) is 2. The van der Waals surface area contributed by atoms with E-state index in [2.05, 4.69) is 197 Å². The highest BCUT2D eigenvalue weighted by Gasteiger charge is 2.25. The maximum absolute atomic E-state index is 2.48. The lowest BCUT2D eigenvalue weighted by Gasteiger charge is -2.20. The third-order valence-electron chi connectivity index (χ3n) is 10.5. The Labute approximate surface area is 291 Å². The number of benzene rings is 7. The highest BCUT2D eigenvalue weighted by atomic mass is 15.0. The average molecular weight is 639 g/mol. The Morgan fingerprint density at radius 2 is 0.960 bits per heavy atom. The number of aromatic nitrogens is 2. The average Bonchev–Trinajstić information content (AvgIpc) is 3.71. The molecule has 50 heavy (non-hydrogen) atoms. The smallest absolute Gasteiger partial charge is 0.0541 e. The van der Waals surface area contributed by atoms with Crippen LogP contribution in [0, 0.1) is 0 Å². The minimum absolute atomic E-state index is 0.278. The van der Waals surface area contributed by atoms with Gasteiger partial charge in [0.1, 0.15) is 0 Å². The molecule has 0 radical (unpaired) electrons. The van der Waals surface area contributed by atoms with E-state index in [0.717, 1.165) is 6.42 Å². The lowest BCUT2D eigenvalue weighted by Crippen LogP contribution is -2.07. The molecule has 2 nitrogen and oxygen atoms in total. The lowest BCUT2D eigenvalue weighted by molar-refractivity contribution is 0.826. The number of hydrogen-bond donors (Lipinski definition) is 0. The summed E-state index contributed by atoms with van der Waals surface area (Å²) in [6.07, 6.45) is 5.75. The Hall–Kier alpha value is -6.38. The molecule has 10 rings (SSSR count). The van der Waals surface area contributed by atoms with Crippen LogP contribution in [-0.2, 0) is 6.42 Å². The molecule has 1 atom stereocenters. The fourth-order valence-electron chi connectivity index (χ4n) is 8.13. The molecule has 0 spiro atoms. The first kappa shape index (κ1) is 28.6.